The largest absolute Gasteiger partial charge is 0.375 e. The van der Waals surface area contributed by atoms with Crippen LogP contribution in [-0.2, 0) is 4.79 Å². The minimum Gasteiger partial charge on any atom is -0.375 e. The van der Waals surface area contributed by atoms with E-state index in [4.69, 9.17) is 10.1 Å². The van der Waals surface area contributed by atoms with Crippen molar-refractivity contribution in [3.8, 4) is 17.1 Å². The number of hydrogen-bond acceptors (Lipinski definition) is 6. The predicted octanol–water partition coefficient (Wildman–Crippen LogP) is 4.36. The topological polar surface area (TPSA) is 77.8 Å². The molecule has 7 rings (SSSR count). The van der Waals surface area contributed by atoms with Gasteiger partial charge in [0, 0.05) is 50.6 Å². The second-order valence-electron chi connectivity index (χ2n) is 11.7. The van der Waals surface area contributed by atoms with Crippen molar-refractivity contribution in [2.24, 2.45) is 0 Å². The number of fused-ring (bicyclic) bond motifs is 3. The summed E-state index contributed by atoms with van der Waals surface area (Å²) in [6.07, 6.45) is 7.36. The van der Waals surface area contributed by atoms with E-state index in [0.717, 1.165) is 54.0 Å². The molecule has 1 aromatic heterocycles. The molecule has 2 amide bonds. The second kappa shape index (κ2) is 9.21. The van der Waals surface area contributed by atoms with Crippen LogP contribution in [0.2, 0.25) is 0 Å². The van der Waals surface area contributed by atoms with E-state index in [1.54, 1.807) is 14.5 Å². The van der Waals surface area contributed by atoms with E-state index in [1.807, 2.05) is 63.5 Å². The molecule has 1 saturated carbocycles. The van der Waals surface area contributed by atoms with Gasteiger partial charge in [0.1, 0.15) is 6.04 Å². The standard InChI is InChI=1S/C31H35N7O2/c1-19-9-12-23(13-10-19)38-29(32-28(33-38)31(40)36-18-24-16-25(36)17-34(24)3)21-11-14-26-27(15-21)37(22-7-5-6-8-22)20(2)30(39)35(26)4/h9-15,18,20,22,25H,5-8,16-17H2,1-4H3/t20-,25?/m1/s1. The molecule has 9 heteroatoms. The van der Waals surface area contributed by atoms with Gasteiger partial charge in [-0.3, -0.25) is 9.59 Å². The third-order valence-corrected chi connectivity index (χ3v) is 9.11. The molecule has 2 atom stereocenters. The zero-order valence-corrected chi connectivity index (χ0v) is 23.5. The first-order valence-corrected chi connectivity index (χ1v) is 14.3. The summed E-state index contributed by atoms with van der Waals surface area (Å²) in [5.41, 5.74) is 5.97. The Labute approximate surface area is 234 Å². The number of nitrogens with zero attached hydrogens (tertiary/aromatic N) is 7. The summed E-state index contributed by atoms with van der Waals surface area (Å²) in [5.74, 6) is 0.739. The van der Waals surface area contributed by atoms with E-state index in [0.29, 0.717) is 11.9 Å². The highest BCUT2D eigenvalue weighted by molar-refractivity contribution is 6.05. The minimum absolute atomic E-state index is 0.113. The van der Waals surface area contributed by atoms with Crippen LogP contribution in [-0.4, -0.2) is 75.1 Å². The SMILES string of the molecule is Cc1ccc(-n2nc(C(=O)N3C=C4CC3CN4C)nc2-c2ccc3c(c2)N(C2CCCC2)[C@H](C)C(=O)N3C)cc1. The maximum absolute atomic E-state index is 13.7. The van der Waals surface area contributed by atoms with Gasteiger partial charge in [0.05, 0.1) is 23.1 Å². The van der Waals surface area contributed by atoms with Crippen molar-refractivity contribution in [1.82, 2.24) is 24.6 Å². The number of amides is 2. The van der Waals surface area contributed by atoms with Crippen molar-refractivity contribution in [2.45, 2.75) is 64.1 Å². The van der Waals surface area contributed by atoms with Gasteiger partial charge in [0.15, 0.2) is 5.82 Å². The molecule has 3 aliphatic heterocycles. The number of aryl methyl sites for hydroxylation is 1. The van der Waals surface area contributed by atoms with Gasteiger partial charge in [-0.1, -0.05) is 30.5 Å². The molecule has 1 aliphatic carbocycles. The molecule has 206 valence electrons. The maximum Gasteiger partial charge on any atom is 0.297 e. The van der Waals surface area contributed by atoms with Crippen LogP contribution in [0.5, 0.6) is 0 Å². The summed E-state index contributed by atoms with van der Waals surface area (Å²) < 4.78 is 1.78. The van der Waals surface area contributed by atoms with Crippen molar-refractivity contribution in [2.75, 3.05) is 30.4 Å². The van der Waals surface area contributed by atoms with E-state index in [9.17, 15) is 9.59 Å². The van der Waals surface area contributed by atoms with Gasteiger partial charge in [-0.2, -0.15) is 0 Å². The van der Waals surface area contributed by atoms with Crippen LogP contribution in [0.25, 0.3) is 17.1 Å². The molecular formula is C31H35N7O2. The molecule has 4 heterocycles. The van der Waals surface area contributed by atoms with Crippen molar-refractivity contribution in [3.05, 3.63) is 65.7 Å². The first kappa shape index (κ1) is 24.9. The van der Waals surface area contributed by atoms with Gasteiger partial charge < -0.3 is 19.6 Å². The lowest BCUT2D eigenvalue weighted by Crippen LogP contribution is -2.54. The Bertz CT molecular complexity index is 1540. The van der Waals surface area contributed by atoms with Crippen LogP contribution in [0.4, 0.5) is 11.4 Å². The van der Waals surface area contributed by atoms with Gasteiger partial charge in [-0.15, -0.1) is 5.10 Å². The molecule has 2 aromatic carbocycles. The molecule has 9 nitrogen and oxygen atoms in total. The number of likely N-dealkylation sites (N-methyl/N-ethyl adjacent to an activating group) is 2. The number of carbonyl (C=O) groups excluding carboxylic acids is 2. The number of benzene rings is 2. The van der Waals surface area contributed by atoms with Crippen LogP contribution in [0.15, 0.2) is 54.4 Å². The number of likely N-dealkylation sites (tertiary alicyclic amines) is 1. The Morgan fingerprint density at radius 2 is 1.73 bits per heavy atom. The molecule has 3 aromatic rings. The molecule has 40 heavy (non-hydrogen) atoms. The van der Waals surface area contributed by atoms with Crippen LogP contribution in [0.3, 0.4) is 0 Å². The monoisotopic (exact) mass is 537 g/mol. The van der Waals surface area contributed by atoms with Crippen molar-refractivity contribution < 1.29 is 9.59 Å². The van der Waals surface area contributed by atoms with E-state index in [-0.39, 0.29) is 29.7 Å². The summed E-state index contributed by atoms with van der Waals surface area (Å²) in [6, 6.07) is 14.4. The number of aromatic nitrogens is 3. The fourth-order valence-electron chi connectivity index (χ4n) is 6.87. The van der Waals surface area contributed by atoms with E-state index in [1.165, 1.54) is 18.5 Å². The summed E-state index contributed by atoms with van der Waals surface area (Å²) in [4.78, 5) is 39.8. The van der Waals surface area contributed by atoms with Crippen LogP contribution in [0, 0.1) is 6.92 Å². The first-order chi connectivity index (χ1) is 19.3. The van der Waals surface area contributed by atoms with Crippen LogP contribution in [0.1, 0.15) is 55.2 Å². The Kier molecular flexibility index (Phi) is 5.73. The Balaban J connectivity index is 1.34. The highest BCUT2D eigenvalue weighted by Crippen LogP contribution is 2.42. The molecule has 2 fully saturated rings. The molecule has 2 bridgehead atoms. The van der Waals surface area contributed by atoms with Gasteiger partial charge in [0.25, 0.3) is 5.91 Å². The molecule has 4 aliphatic rings. The quantitative estimate of drug-likeness (QED) is 0.492. The average molecular weight is 538 g/mol. The lowest BCUT2D eigenvalue weighted by molar-refractivity contribution is -0.119. The lowest BCUT2D eigenvalue weighted by Gasteiger charge is -2.43. The van der Waals surface area contributed by atoms with Gasteiger partial charge >= 0.3 is 0 Å². The molecule has 1 unspecified atom stereocenters. The number of hydrogen-bond donors (Lipinski definition) is 0. The summed E-state index contributed by atoms with van der Waals surface area (Å²) in [5, 5.41) is 4.78. The highest BCUT2D eigenvalue weighted by Gasteiger charge is 2.40. The van der Waals surface area contributed by atoms with E-state index in [2.05, 4.69) is 22.9 Å². The molecule has 1 saturated heterocycles. The third kappa shape index (κ3) is 3.82. The summed E-state index contributed by atoms with van der Waals surface area (Å²) >= 11 is 0. The Morgan fingerprint density at radius 1 is 0.975 bits per heavy atom. The zero-order valence-electron chi connectivity index (χ0n) is 23.5. The third-order valence-electron chi connectivity index (χ3n) is 9.11. The van der Waals surface area contributed by atoms with Crippen molar-refractivity contribution in [1.29, 1.82) is 0 Å². The summed E-state index contributed by atoms with van der Waals surface area (Å²) in [7, 11) is 3.91. The zero-order chi connectivity index (χ0) is 27.7. The van der Waals surface area contributed by atoms with E-state index < -0.39 is 0 Å². The fourth-order valence-corrected chi connectivity index (χ4v) is 6.87. The smallest absolute Gasteiger partial charge is 0.297 e. The number of carbonyl (C=O) groups is 2. The van der Waals surface area contributed by atoms with E-state index >= 15 is 0 Å². The molecule has 0 radical (unpaired) electrons. The van der Waals surface area contributed by atoms with Gasteiger partial charge in [-0.05, 0) is 57.0 Å². The fraction of sp³-hybridized carbons (Fsp3) is 0.419. The Hall–Kier alpha value is -4.14. The van der Waals surface area contributed by atoms with Crippen molar-refractivity contribution in [3.63, 3.8) is 0 Å². The number of rotatable bonds is 4. The molecule has 0 N–H and O–H groups in total. The number of anilines is 2. The first-order valence-electron chi connectivity index (χ1n) is 14.3. The summed E-state index contributed by atoms with van der Waals surface area (Å²) in [6.45, 7) is 4.89. The van der Waals surface area contributed by atoms with Crippen LogP contribution >= 0.6 is 0 Å². The molecular weight excluding hydrogens is 502 g/mol. The normalized spacial score (nSPS) is 22.4. The van der Waals surface area contributed by atoms with Crippen LogP contribution < -0.4 is 9.80 Å². The lowest BCUT2D eigenvalue weighted by atomic mass is 10.0. The second-order valence-corrected chi connectivity index (χ2v) is 11.7. The molecule has 0 spiro atoms. The average Bonchev–Trinajstić information content (AvgIpc) is 3.76. The van der Waals surface area contributed by atoms with Gasteiger partial charge in [0.2, 0.25) is 11.7 Å². The van der Waals surface area contributed by atoms with Crippen molar-refractivity contribution >= 4 is 23.2 Å². The highest BCUT2D eigenvalue weighted by atomic mass is 16.2. The van der Waals surface area contributed by atoms with Gasteiger partial charge in [-0.25, -0.2) is 9.67 Å². The Morgan fingerprint density at radius 3 is 2.40 bits per heavy atom. The predicted molar refractivity (Wildman–Crippen MR) is 154 cm³/mol. The minimum atomic E-state index is -0.236. The maximum atomic E-state index is 13.7.